The van der Waals surface area contributed by atoms with Gasteiger partial charge in [0, 0.05) is 24.8 Å². The van der Waals surface area contributed by atoms with Gasteiger partial charge < -0.3 is 5.32 Å². The predicted octanol–water partition coefficient (Wildman–Crippen LogP) is 1.73. The summed E-state index contributed by atoms with van der Waals surface area (Å²) in [6.07, 6.45) is 3.97. The van der Waals surface area contributed by atoms with Crippen molar-refractivity contribution in [1.29, 1.82) is 0 Å². The average molecular weight is 181 g/mol. The lowest BCUT2D eigenvalue weighted by Gasteiger charge is -2.13. The summed E-state index contributed by atoms with van der Waals surface area (Å²) in [5, 5.41) is 7.60. The Morgan fingerprint density at radius 1 is 1.46 bits per heavy atom. The van der Waals surface area contributed by atoms with E-state index in [-0.39, 0.29) is 0 Å². The molecule has 0 amide bonds. The molecule has 3 heteroatoms. The molecule has 0 saturated heterocycles. The summed E-state index contributed by atoms with van der Waals surface area (Å²) in [5.41, 5.74) is 1.25. The van der Waals surface area contributed by atoms with Crippen LogP contribution in [-0.2, 0) is 7.05 Å². The molecule has 0 aliphatic carbocycles. The van der Waals surface area contributed by atoms with Crippen LogP contribution in [0.3, 0.4) is 0 Å². The molecule has 13 heavy (non-hydrogen) atoms. The molecule has 0 saturated carbocycles. The van der Waals surface area contributed by atoms with Crippen molar-refractivity contribution in [3.8, 4) is 0 Å². The molecule has 1 unspecified atom stereocenters. The van der Waals surface area contributed by atoms with Crippen molar-refractivity contribution >= 4 is 0 Å². The molecule has 0 aliphatic rings. The lowest BCUT2D eigenvalue weighted by atomic mass is 10.1. The second kappa shape index (κ2) is 4.42. The SMILES string of the molecule is CC(C)CNC(C)c1cnn(C)c1. The zero-order chi connectivity index (χ0) is 9.84. The molecular weight excluding hydrogens is 162 g/mol. The monoisotopic (exact) mass is 181 g/mol. The third kappa shape index (κ3) is 3.19. The molecule has 0 aliphatic heterocycles. The topological polar surface area (TPSA) is 29.9 Å². The van der Waals surface area contributed by atoms with Crippen LogP contribution in [0.4, 0.5) is 0 Å². The number of aromatic nitrogens is 2. The van der Waals surface area contributed by atoms with Crippen LogP contribution in [0.1, 0.15) is 32.4 Å². The molecule has 1 N–H and O–H groups in total. The highest BCUT2D eigenvalue weighted by Gasteiger charge is 2.06. The minimum Gasteiger partial charge on any atom is -0.310 e. The molecule has 0 radical (unpaired) electrons. The Balaban J connectivity index is 2.44. The van der Waals surface area contributed by atoms with Crippen LogP contribution < -0.4 is 5.32 Å². The highest BCUT2D eigenvalue weighted by Crippen LogP contribution is 2.10. The first-order valence-corrected chi connectivity index (χ1v) is 4.81. The van der Waals surface area contributed by atoms with Gasteiger partial charge in [-0.25, -0.2) is 0 Å². The fraction of sp³-hybridized carbons (Fsp3) is 0.700. The van der Waals surface area contributed by atoms with E-state index in [2.05, 4.69) is 37.4 Å². The summed E-state index contributed by atoms with van der Waals surface area (Å²) in [6.45, 7) is 7.64. The van der Waals surface area contributed by atoms with Gasteiger partial charge in [-0.1, -0.05) is 13.8 Å². The van der Waals surface area contributed by atoms with E-state index in [1.807, 2.05) is 17.9 Å². The van der Waals surface area contributed by atoms with E-state index in [1.165, 1.54) is 5.56 Å². The fourth-order valence-corrected chi connectivity index (χ4v) is 1.19. The van der Waals surface area contributed by atoms with Crippen molar-refractivity contribution in [3.63, 3.8) is 0 Å². The minimum atomic E-state index is 0.399. The maximum Gasteiger partial charge on any atom is 0.0537 e. The van der Waals surface area contributed by atoms with E-state index < -0.39 is 0 Å². The van der Waals surface area contributed by atoms with Gasteiger partial charge in [-0.2, -0.15) is 5.10 Å². The summed E-state index contributed by atoms with van der Waals surface area (Å²) in [4.78, 5) is 0. The van der Waals surface area contributed by atoms with Gasteiger partial charge in [0.05, 0.1) is 6.20 Å². The van der Waals surface area contributed by atoms with E-state index in [9.17, 15) is 0 Å². The van der Waals surface area contributed by atoms with Crippen LogP contribution in [0.2, 0.25) is 0 Å². The number of aryl methyl sites for hydroxylation is 1. The van der Waals surface area contributed by atoms with Gasteiger partial charge >= 0.3 is 0 Å². The fourth-order valence-electron chi connectivity index (χ4n) is 1.19. The molecule has 74 valence electrons. The van der Waals surface area contributed by atoms with Crippen LogP contribution >= 0.6 is 0 Å². The highest BCUT2D eigenvalue weighted by molar-refractivity contribution is 5.08. The average Bonchev–Trinajstić information content (AvgIpc) is 2.47. The van der Waals surface area contributed by atoms with Crippen molar-refractivity contribution in [2.45, 2.75) is 26.8 Å². The molecule has 1 aromatic rings. The standard InChI is InChI=1S/C10H19N3/c1-8(2)5-11-9(3)10-6-12-13(4)7-10/h6-9,11H,5H2,1-4H3. The summed E-state index contributed by atoms with van der Waals surface area (Å²) in [7, 11) is 1.94. The smallest absolute Gasteiger partial charge is 0.0537 e. The zero-order valence-electron chi connectivity index (χ0n) is 8.91. The van der Waals surface area contributed by atoms with Crippen LogP contribution in [0.5, 0.6) is 0 Å². The van der Waals surface area contributed by atoms with E-state index in [0.717, 1.165) is 6.54 Å². The Kier molecular flexibility index (Phi) is 3.48. The summed E-state index contributed by atoms with van der Waals surface area (Å²) in [6, 6.07) is 0.399. The molecule has 0 spiro atoms. The number of nitrogens with one attached hydrogen (secondary N) is 1. The normalized spacial score (nSPS) is 13.6. The second-order valence-corrected chi connectivity index (χ2v) is 3.97. The van der Waals surface area contributed by atoms with E-state index >= 15 is 0 Å². The predicted molar refractivity (Wildman–Crippen MR) is 54.5 cm³/mol. The Morgan fingerprint density at radius 3 is 2.62 bits per heavy atom. The molecule has 3 nitrogen and oxygen atoms in total. The molecular formula is C10H19N3. The molecule has 0 bridgehead atoms. The van der Waals surface area contributed by atoms with Gasteiger partial charge in [0.15, 0.2) is 0 Å². The van der Waals surface area contributed by atoms with Crippen molar-refractivity contribution in [1.82, 2.24) is 15.1 Å². The molecule has 0 aromatic carbocycles. The summed E-state index contributed by atoms with van der Waals surface area (Å²) >= 11 is 0. The molecule has 1 atom stereocenters. The van der Waals surface area contributed by atoms with Crippen molar-refractivity contribution in [3.05, 3.63) is 18.0 Å². The Morgan fingerprint density at radius 2 is 2.15 bits per heavy atom. The molecule has 1 aromatic heterocycles. The first-order chi connectivity index (χ1) is 6.09. The Hall–Kier alpha value is -0.830. The summed E-state index contributed by atoms with van der Waals surface area (Å²) in [5.74, 6) is 0.694. The van der Waals surface area contributed by atoms with Gasteiger partial charge in [-0.15, -0.1) is 0 Å². The van der Waals surface area contributed by atoms with Crippen LogP contribution in [-0.4, -0.2) is 16.3 Å². The van der Waals surface area contributed by atoms with Crippen LogP contribution in [0.15, 0.2) is 12.4 Å². The highest BCUT2D eigenvalue weighted by atomic mass is 15.2. The van der Waals surface area contributed by atoms with Gasteiger partial charge in [-0.3, -0.25) is 4.68 Å². The van der Waals surface area contributed by atoms with Crippen LogP contribution in [0, 0.1) is 5.92 Å². The van der Waals surface area contributed by atoms with E-state index in [1.54, 1.807) is 0 Å². The maximum atomic E-state index is 4.14. The van der Waals surface area contributed by atoms with Gasteiger partial charge in [0.1, 0.15) is 0 Å². The quantitative estimate of drug-likeness (QED) is 0.766. The van der Waals surface area contributed by atoms with Crippen molar-refractivity contribution in [2.75, 3.05) is 6.54 Å². The van der Waals surface area contributed by atoms with Crippen molar-refractivity contribution < 1.29 is 0 Å². The third-order valence-electron chi connectivity index (χ3n) is 2.06. The molecule has 0 fully saturated rings. The number of rotatable bonds is 4. The van der Waals surface area contributed by atoms with Gasteiger partial charge in [0.25, 0.3) is 0 Å². The number of hydrogen-bond acceptors (Lipinski definition) is 2. The first-order valence-electron chi connectivity index (χ1n) is 4.81. The second-order valence-electron chi connectivity index (χ2n) is 3.97. The number of hydrogen-bond donors (Lipinski definition) is 1. The Bertz CT molecular complexity index is 252. The summed E-state index contributed by atoms with van der Waals surface area (Å²) < 4.78 is 1.84. The third-order valence-corrected chi connectivity index (χ3v) is 2.06. The zero-order valence-corrected chi connectivity index (χ0v) is 8.91. The first kappa shape index (κ1) is 10.3. The van der Waals surface area contributed by atoms with Crippen LogP contribution in [0.25, 0.3) is 0 Å². The maximum absolute atomic E-state index is 4.14. The Labute approximate surface area is 80.1 Å². The van der Waals surface area contributed by atoms with E-state index in [0.29, 0.717) is 12.0 Å². The van der Waals surface area contributed by atoms with Gasteiger partial charge in [0.2, 0.25) is 0 Å². The molecule has 1 rings (SSSR count). The largest absolute Gasteiger partial charge is 0.310 e. The van der Waals surface area contributed by atoms with Crippen molar-refractivity contribution in [2.24, 2.45) is 13.0 Å². The minimum absolute atomic E-state index is 0.399. The lowest BCUT2D eigenvalue weighted by Crippen LogP contribution is -2.22. The van der Waals surface area contributed by atoms with E-state index in [4.69, 9.17) is 0 Å². The van der Waals surface area contributed by atoms with Gasteiger partial charge in [-0.05, 0) is 19.4 Å². The molecule has 1 heterocycles. The lowest BCUT2D eigenvalue weighted by molar-refractivity contribution is 0.496. The number of nitrogens with zero attached hydrogens (tertiary/aromatic N) is 2.